The third-order valence-electron chi connectivity index (χ3n) is 4.26. The van der Waals surface area contributed by atoms with Gasteiger partial charge in [0.25, 0.3) is 0 Å². The molecule has 0 aliphatic carbocycles. The zero-order chi connectivity index (χ0) is 15.1. The monoisotopic (exact) mass is 358 g/mol. The molecule has 0 spiro atoms. The number of benzene rings is 1. The second-order valence-corrected chi connectivity index (χ2v) is 6.55. The molecule has 0 N–H and O–H groups in total. The number of aliphatic imine (C=N–C) groups is 1. The van der Waals surface area contributed by atoms with Crippen molar-refractivity contribution in [2.45, 2.75) is 25.3 Å². The second kappa shape index (κ2) is 5.39. The lowest BCUT2D eigenvalue weighted by Crippen LogP contribution is -2.40. The first-order valence-corrected chi connectivity index (χ1v) is 8.25. The van der Waals surface area contributed by atoms with E-state index in [1.807, 2.05) is 30.3 Å². The fourth-order valence-electron chi connectivity index (χ4n) is 3.14. The van der Waals surface area contributed by atoms with Gasteiger partial charge in [-0.3, -0.25) is 0 Å². The number of nitrogens with zero attached hydrogens (tertiary/aromatic N) is 2. The van der Waals surface area contributed by atoms with Crippen molar-refractivity contribution < 1.29 is 9.21 Å². The van der Waals surface area contributed by atoms with Crippen LogP contribution in [0.2, 0.25) is 0 Å². The van der Waals surface area contributed by atoms with Crippen molar-refractivity contribution in [2.24, 2.45) is 4.99 Å². The SMILES string of the molecule is O=CC1c2cc(-c3ccc(Br)cc3)oc2N=C2CCCCN21. The van der Waals surface area contributed by atoms with Crippen LogP contribution in [0, 0.1) is 0 Å². The van der Waals surface area contributed by atoms with Gasteiger partial charge >= 0.3 is 0 Å². The van der Waals surface area contributed by atoms with E-state index in [1.54, 1.807) is 0 Å². The summed E-state index contributed by atoms with van der Waals surface area (Å²) in [5.41, 5.74) is 1.86. The summed E-state index contributed by atoms with van der Waals surface area (Å²) in [7, 11) is 0. The molecule has 0 amide bonds. The third-order valence-corrected chi connectivity index (χ3v) is 4.79. The Morgan fingerprint density at radius 2 is 2.09 bits per heavy atom. The third kappa shape index (κ3) is 2.20. The quantitative estimate of drug-likeness (QED) is 0.743. The van der Waals surface area contributed by atoms with Gasteiger partial charge in [-0.25, -0.2) is 0 Å². The van der Waals surface area contributed by atoms with Crippen LogP contribution in [0.15, 0.2) is 44.2 Å². The Balaban J connectivity index is 1.79. The molecule has 2 aliphatic rings. The van der Waals surface area contributed by atoms with Crippen LogP contribution in [0.4, 0.5) is 5.88 Å². The standard InChI is InChI=1S/C17H15BrN2O2/c18-12-6-4-11(5-7-12)15-9-13-14(10-21)20-8-2-1-3-16(20)19-17(13)22-15/h4-7,9-10,14H,1-3,8H2. The molecule has 2 aromatic rings. The molecule has 2 aliphatic heterocycles. The lowest BCUT2D eigenvalue weighted by Gasteiger charge is -2.36. The Labute approximate surface area is 137 Å². The van der Waals surface area contributed by atoms with E-state index in [0.29, 0.717) is 5.88 Å². The fourth-order valence-corrected chi connectivity index (χ4v) is 3.41. The number of piperidine rings is 1. The number of fused-ring (bicyclic) bond motifs is 2. The summed E-state index contributed by atoms with van der Waals surface area (Å²) in [6.07, 6.45) is 4.14. The van der Waals surface area contributed by atoms with Crippen molar-refractivity contribution in [1.29, 1.82) is 0 Å². The highest BCUT2D eigenvalue weighted by atomic mass is 79.9. The maximum atomic E-state index is 11.6. The predicted octanol–water partition coefficient (Wildman–Crippen LogP) is 4.48. The highest BCUT2D eigenvalue weighted by Gasteiger charge is 2.33. The van der Waals surface area contributed by atoms with Gasteiger partial charge in [0.1, 0.15) is 23.9 Å². The average molecular weight is 359 g/mol. The summed E-state index contributed by atoms with van der Waals surface area (Å²) in [5.74, 6) is 2.32. The molecular formula is C17H15BrN2O2. The molecule has 22 heavy (non-hydrogen) atoms. The zero-order valence-corrected chi connectivity index (χ0v) is 13.5. The number of carbonyl (C=O) groups is 1. The van der Waals surface area contributed by atoms with Crippen molar-refractivity contribution in [3.05, 3.63) is 40.4 Å². The van der Waals surface area contributed by atoms with Crippen molar-refractivity contribution in [3.63, 3.8) is 0 Å². The average Bonchev–Trinajstić information content (AvgIpc) is 2.96. The van der Waals surface area contributed by atoms with Crippen LogP contribution in [-0.4, -0.2) is 23.6 Å². The number of amidine groups is 1. The minimum absolute atomic E-state index is 0.268. The van der Waals surface area contributed by atoms with Crippen LogP contribution in [0.25, 0.3) is 11.3 Å². The van der Waals surface area contributed by atoms with Crippen LogP contribution < -0.4 is 0 Å². The van der Waals surface area contributed by atoms with Gasteiger partial charge in [0.15, 0.2) is 0 Å². The van der Waals surface area contributed by atoms with Gasteiger partial charge in [0.05, 0.1) is 0 Å². The topological polar surface area (TPSA) is 45.8 Å². The molecule has 1 atom stereocenters. The van der Waals surface area contributed by atoms with Gasteiger partial charge in [0.2, 0.25) is 5.88 Å². The Morgan fingerprint density at radius 1 is 1.27 bits per heavy atom. The molecule has 1 unspecified atom stereocenters. The summed E-state index contributed by atoms with van der Waals surface area (Å²) in [5, 5.41) is 0. The molecule has 112 valence electrons. The predicted molar refractivity (Wildman–Crippen MR) is 88.3 cm³/mol. The Kier molecular flexibility index (Phi) is 3.37. The molecule has 1 saturated heterocycles. The van der Waals surface area contributed by atoms with Crippen LogP contribution in [0.5, 0.6) is 0 Å². The van der Waals surface area contributed by atoms with Crippen LogP contribution in [0.1, 0.15) is 30.9 Å². The Morgan fingerprint density at radius 3 is 2.86 bits per heavy atom. The number of rotatable bonds is 2. The Hall–Kier alpha value is -1.88. The van der Waals surface area contributed by atoms with Crippen molar-refractivity contribution in [1.82, 2.24) is 4.90 Å². The minimum Gasteiger partial charge on any atom is -0.438 e. The second-order valence-electron chi connectivity index (χ2n) is 5.64. The zero-order valence-electron chi connectivity index (χ0n) is 12.0. The van der Waals surface area contributed by atoms with Gasteiger partial charge < -0.3 is 14.1 Å². The minimum atomic E-state index is -0.268. The molecular weight excluding hydrogens is 344 g/mol. The number of halogens is 1. The number of aldehydes is 1. The number of hydrogen-bond acceptors (Lipinski definition) is 4. The summed E-state index contributed by atoms with van der Waals surface area (Å²) < 4.78 is 6.95. The van der Waals surface area contributed by atoms with E-state index in [2.05, 4.69) is 25.8 Å². The van der Waals surface area contributed by atoms with E-state index in [9.17, 15) is 4.79 Å². The van der Waals surface area contributed by atoms with E-state index < -0.39 is 0 Å². The van der Waals surface area contributed by atoms with Gasteiger partial charge in [-0.15, -0.1) is 0 Å². The first-order chi connectivity index (χ1) is 10.8. The molecule has 0 saturated carbocycles. The summed E-state index contributed by atoms with van der Waals surface area (Å²) in [6.45, 7) is 0.889. The van der Waals surface area contributed by atoms with Gasteiger partial charge in [-0.1, -0.05) is 28.1 Å². The van der Waals surface area contributed by atoms with Crippen LogP contribution in [0.3, 0.4) is 0 Å². The smallest absolute Gasteiger partial charge is 0.226 e. The molecule has 1 fully saturated rings. The normalized spacial score (nSPS) is 20.1. The highest BCUT2D eigenvalue weighted by Crippen LogP contribution is 2.41. The molecule has 0 bridgehead atoms. The number of hydrogen-bond donors (Lipinski definition) is 0. The van der Waals surface area contributed by atoms with E-state index in [4.69, 9.17) is 4.42 Å². The molecule has 3 heterocycles. The largest absolute Gasteiger partial charge is 0.438 e. The van der Waals surface area contributed by atoms with Crippen molar-refractivity contribution in [2.75, 3.05) is 6.54 Å². The fraction of sp³-hybridized carbons (Fsp3) is 0.294. The van der Waals surface area contributed by atoms with E-state index in [1.165, 1.54) is 0 Å². The highest BCUT2D eigenvalue weighted by molar-refractivity contribution is 9.10. The van der Waals surface area contributed by atoms with Gasteiger partial charge in [-0.2, -0.15) is 4.99 Å². The molecule has 4 nitrogen and oxygen atoms in total. The number of carbonyl (C=O) groups excluding carboxylic acids is 1. The maximum Gasteiger partial charge on any atom is 0.226 e. The van der Waals surface area contributed by atoms with Gasteiger partial charge in [0, 0.05) is 28.6 Å². The summed E-state index contributed by atoms with van der Waals surface area (Å²) >= 11 is 3.43. The lowest BCUT2D eigenvalue weighted by molar-refractivity contribution is -0.111. The molecule has 1 aromatic heterocycles. The summed E-state index contributed by atoms with van der Waals surface area (Å²) in [6, 6.07) is 9.62. The van der Waals surface area contributed by atoms with Crippen LogP contribution in [-0.2, 0) is 4.79 Å². The number of furan rings is 1. The molecule has 4 rings (SSSR count). The molecule has 1 aromatic carbocycles. The van der Waals surface area contributed by atoms with Crippen LogP contribution >= 0.6 is 15.9 Å². The van der Waals surface area contributed by atoms with Gasteiger partial charge in [-0.05, 0) is 31.0 Å². The van der Waals surface area contributed by atoms with E-state index >= 15 is 0 Å². The van der Waals surface area contributed by atoms with E-state index in [0.717, 1.165) is 59.3 Å². The first-order valence-electron chi connectivity index (χ1n) is 7.45. The van der Waals surface area contributed by atoms with Crippen molar-refractivity contribution >= 4 is 33.9 Å². The summed E-state index contributed by atoms with van der Waals surface area (Å²) in [4.78, 5) is 18.4. The maximum absolute atomic E-state index is 11.6. The first kappa shape index (κ1) is 13.8. The molecule has 5 heteroatoms. The van der Waals surface area contributed by atoms with E-state index in [-0.39, 0.29) is 6.04 Å². The molecule has 0 radical (unpaired) electrons. The lowest BCUT2D eigenvalue weighted by atomic mass is 10.0. The van der Waals surface area contributed by atoms with Crippen molar-refractivity contribution in [3.8, 4) is 11.3 Å². The Bertz CT molecular complexity index is 749.